The van der Waals surface area contributed by atoms with Crippen LogP contribution >= 0.6 is 0 Å². The van der Waals surface area contributed by atoms with Gasteiger partial charge in [-0.15, -0.1) is 0 Å². The van der Waals surface area contributed by atoms with Gasteiger partial charge in [-0.05, 0) is 38.9 Å². The summed E-state index contributed by atoms with van der Waals surface area (Å²) in [5.74, 6) is 0. The molecule has 0 fully saturated rings. The smallest absolute Gasteiger partial charge is 0.0558 e. The molecule has 4 nitrogen and oxygen atoms in total. The predicted molar refractivity (Wildman–Crippen MR) is 61.8 cm³/mol. The van der Waals surface area contributed by atoms with E-state index >= 15 is 0 Å². The molecule has 1 atom stereocenters. The van der Waals surface area contributed by atoms with Crippen molar-refractivity contribution in [3.8, 4) is 0 Å². The lowest BCUT2D eigenvalue weighted by atomic mass is 10.1. The maximum absolute atomic E-state index is 5.74. The fourth-order valence-electron chi connectivity index (χ4n) is 1.37. The molecule has 0 aromatic rings. The van der Waals surface area contributed by atoms with Gasteiger partial charge in [0.1, 0.15) is 0 Å². The summed E-state index contributed by atoms with van der Waals surface area (Å²) in [6.45, 7) is 2.48. The number of nitrogens with one attached hydrogen (secondary N) is 1. The second-order valence-electron chi connectivity index (χ2n) is 3.69. The zero-order valence-electron chi connectivity index (χ0n) is 9.17. The maximum atomic E-state index is 5.74. The highest BCUT2D eigenvalue weighted by Gasteiger charge is 1.98. The van der Waals surface area contributed by atoms with Crippen molar-refractivity contribution in [2.45, 2.75) is 44.7 Å². The molecule has 0 aliphatic rings. The fourth-order valence-corrected chi connectivity index (χ4v) is 1.37. The van der Waals surface area contributed by atoms with Gasteiger partial charge in [0.2, 0.25) is 0 Å². The maximum Gasteiger partial charge on any atom is 0.0558 e. The first-order valence-corrected chi connectivity index (χ1v) is 5.70. The van der Waals surface area contributed by atoms with E-state index in [1.807, 2.05) is 0 Å². The van der Waals surface area contributed by atoms with Gasteiger partial charge in [0, 0.05) is 0 Å². The molecule has 1 unspecified atom stereocenters. The summed E-state index contributed by atoms with van der Waals surface area (Å²) in [4.78, 5) is 0. The van der Waals surface area contributed by atoms with Crippen LogP contribution in [0.4, 0.5) is 0 Å². The van der Waals surface area contributed by atoms with Crippen LogP contribution in [0.2, 0.25) is 0 Å². The molecule has 86 valence electrons. The van der Waals surface area contributed by atoms with E-state index in [-0.39, 0.29) is 6.17 Å². The Morgan fingerprint density at radius 1 is 0.857 bits per heavy atom. The van der Waals surface area contributed by atoms with Crippen molar-refractivity contribution in [3.63, 3.8) is 0 Å². The number of nitrogens with two attached hydrogens (primary N) is 3. The van der Waals surface area contributed by atoms with Crippen LogP contribution in [0.5, 0.6) is 0 Å². The van der Waals surface area contributed by atoms with Gasteiger partial charge in [-0.25, -0.2) is 0 Å². The van der Waals surface area contributed by atoms with Crippen LogP contribution in [0.25, 0.3) is 0 Å². The predicted octanol–water partition coefficient (Wildman–Crippen LogP) is 0.119. The lowest BCUT2D eigenvalue weighted by molar-refractivity contribution is 0.481. The minimum Gasteiger partial charge on any atom is -0.330 e. The summed E-state index contributed by atoms with van der Waals surface area (Å²) < 4.78 is 0. The third-order valence-electron chi connectivity index (χ3n) is 2.27. The molecule has 0 aliphatic carbocycles. The first-order valence-electron chi connectivity index (χ1n) is 5.70. The Morgan fingerprint density at radius 2 is 1.50 bits per heavy atom. The zero-order chi connectivity index (χ0) is 10.6. The highest BCUT2D eigenvalue weighted by atomic mass is 15.0. The molecule has 0 rings (SSSR count). The van der Waals surface area contributed by atoms with Gasteiger partial charge >= 0.3 is 0 Å². The Kier molecular flexibility index (Phi) is 10.8. The van der Waals surface area contributed by atoms with Crippen molar-refractivity contribution in [2.24, 2.45) is 17.2 Å². The summed E-state index contributed by atoms with van der Waals surface area (Å²) in [5, 5.41) is 3.25. The van der Waals surface area contributed by atoms with Gasteiger partial charge in [-0.1, -0.05) is 19.3 Å². The summed E-state index contributed by atoms with van der Waals surface area (Å²) in [5.41, 5.74) is 16.5. The summed E-state index contributed by atoms with van der Waals surface area (Å²) >= 11 is 0. The van der Waals surface area contributed by atoms with Gasteiger partial charge in [0.15, 0.2) is 0 Å². The second kappa shape index (κ2) is 10.9. The molecule has 0 aromatic heterocycles. The quantitative estimate of drug-likeness (QED) is 0.299. The Hall–Kier alpha value is -0.160. The Bertz CT molecular complexity index is 108. The van der Waals surface area contributed by atoms with E-state index in [0.717, 1.165) is 25.9 Å². The molecule has 0 spiro atoms. The van der Waals surface area contributed by atoms with Crippen LogP contribution in [0, 0.1) is 0 Å². The molecule has 0 aromatic carbocycles. The second-order valence-corrected chi connectivity index (χ2v) is 3.69. The molecule has 0 saturated heterocycles. The monoisotopic (exact) mass is 202 g/mol. The molecule has 0 aliphatic heterocycles. The topological polar surface area (TPSA) is 90.1 Å². The van der Waals surface area contributed by atoms with Crippen molar-refractivity contribution >= 4 is 0 Å². The van der Waals surface area contributed by atoms with Crippen LogP contribution in [0.15, 0.2) is 0 Å². The van der Waals surface area contributed by atoms with E-state index in [0.29, 0.717) is 6.54 Å². The Balaban J connectivity index is 2.98. The fraction of sp³-hybridized carbons (Fsp3) is 1.00. The van der Waals surface area contributed by atoms with E-state index in [1.54, 1.807) is 0 Å². The van der Waals surface area contributed by atoms with E-state index < -0.39 is 0 Å². The van der Waals surface area contributed by atoms with E-state index in [1.165, 1.54) is 25.7 Å². The first kappa shape index (κ1) is 13.8. The highest BCUT2D eigenvalue weighted by molar-refractivity contribution is 4.59. The van der Waals surface area contributed by atoms with Gasteiger partial charge in [0.05, 0.1) is 6.17 Å². The minimum absolute atomic E-state index is 0.0732. The van der Waals surface area contributed by atoms with Crippen LogP contribution < -0.4 is 22.5 Å². The number of hydrogen-bond donors (Lipinski definition) is 4. The molecular weight excluding hydrogens is 176 g/mol. The number of rotatable bonds is 10. The molecule has 0 heterocycles. The van der Waals surface area contributed by atoms with Gasteiger partial charge < -0.3 is 22.5 Å². The molecule has 4 heteroatoms. The van der Waals surface area contributed by atoms with Crippen molar-refractivity contribution in [1.29, 1.82) is 0 Å². The molecule has 0 amide bonds. The molecule has 14 heavy (non-hydrogen) atoms. The lowest BCUT2D eigenvalue weighted by Crippen LogP contribution is -2.39. The Labute approximate surface area is 87.6 Å². The molecule has 0 saturated carbocycles. The Morgan fingerprint density at radius 3 is 2.14 bits per heavy atom. The van der Waals surface area contributed by atoms with Crippen LogP contribution in [0.1, 0.15) is 38.5 Å². The van der Waals surface area contributed by atoms with Gasteiger partial charge in [-0.2, -0.15) is 0 Å². The minimum atomic E-state index is 0.0732. The lowest BCUT2D eigenvalue weighted by Gasteiger charge is -2.11. The average molecular weight is 202 g/mol. The molecule has 7 N–H and O–H groups in total. The summed E-state index contributed by atoms with van der Waals surface area (Å²) in [7, 11) is 0. The van der Waals surface area contributed by atoms with Crippen molar-refractivity contribution in [2.75, 3.05) is 19.6 Å². The standard InChI is InChI=1S/C10H26N4/c11-7-4-2-1-3-5-9-14-10(13)6-8-12/h10,14H,1-9,11-13H2. The normalized spacial score (nSPS) is 13.1. The average Bonchev–Trinajstić information content (AvgIpc) is 2.17. The van der Waals surface area contributed by atoms with Crippen molar-refractivity contribution in [3.05, 3.63) is 0 Å². The van der Waals surface area contributed by atoms with Gasteiger partial charge in [-0.3, -0.25) is 0 Å². The van der Waals surface area contributed by atoms with Crippen LogP contribution in [0.3, 0.4) is 0 Å². The van der Waals surface area contributed by atoms with E-state index in [9.17, 15) is 0 Å². The summed E-state index contributed by atoms with van der Waals surface area (Å²) in [6.07, 6.45) is 7.08. The van der Waals surface area contributed by atoms with E-state index in [2.05, 4.69) is 5.32 Å². The van der Waals surface area contributed by atoms with Crippen molar-refractivity contribution < 1.29 is 0 Å². The third-order valence-corrected chi connectivity index (χ3v) is 2.27. The third kappa shape index (κ3) is 9.92. The SMILES string of the molecule is NCCCCCCCNC(N)CCN. The number of hydrogen-bond acceptors (Lipinski definition) is 4. The molecule has 0 radical (unpaired) electrons. The van der Waals surface area contributed by atoms with Crippen molar-refractivity contribution in [1.82, 2.24) is 5.32 Å². The zero-order valence-corrected chi connectivity index (χ0v) is 9.17. The molecular formula is C10H26N4. The number of unbranched alkanes of at least 4 members (excludes halogenated alkanes) is 4. The largest absolute Gasteiger partial charge is 0.330 e. The highest BCUT2D eigenvalue weighted by Crippen LogP contribution is 2.01. The van der Waals surface area contributed by atoms with Crippen LogP contribution in [-0.2, 0) is 0 Å². The summed E-state index contributed by atoms with van der Waals surface area (Å²) in [6, 6.07) is 0. The van der Waals surface area contributed by atoms with Crippen LogP contribution in [-0.4, -0.2) is 25.8 Å². The molecule has 0 bridgehead atoms. The van der Waals surface area contributed by atoms with E-state index in [4.69, 9.17) is 17.2 Å². The van der Waals surface area contributed by atoms with Gasteiger partial charge in [0.25, 0.3) is 0 Å². The first-order chi connectivity index (χ1) is 6.81.